The van der Waals surface area contributed by atoms with Gasteiger partial charge in [-0.1, -0.05) is 29.8 Å². The van der Waals surface area contributed by atoms with Gasteiger partial charge in [-0.25, -0.2) is 0 Å². The summed E-state index contributed by atoms with van der Waals surface area (Å²) in [5.74, 6) is 0. The summed E-state index contributed by atoms with van der Waals surface area (Å²) in [6.45, 7) is 1.20. The van der Waals surface area contributed by atoms with E-state index in [2.05, 4.69) is 0 Å². The highest BCUT2D eigenvalue weighted by Gasteiger charge is 2.27. The largest absolute Gasteiger partial charge is 0.346 e. The van der Waals surface area contributed by atoms with Crippen molar-refractivity contribution in [3.8, 4) is 0 Å². The molecule has 1 heterocycles. The third-order valence-corrected chi connectivity index (χ3v) is 2.74. The summed E-state index contributed by atoms with van der Waals surface area (Å²) >= 11 is 6.04. The van der Waals surface area contributed by atoms with E-state index in [1.165, 1.54) is 0 Å². The van der Waals surface area contributed by atoms with Crippen LogP contribution in [-0.4, -0.2) is 19.3 Å². The van der Waals surface area contributed by atoms with Crippen LogP contribution in [0.4, 0.5) is 0 Å². The number of rotatable bonds is 3. The van der Waals surface area contributed by atoms with Crippen LogP contribution in [0.15, 0.2) is 24.3 Å². The fourth-order valence-corrected chi connectivity index (χ4v) is 1.84. The van der Waals surface area contributed by atoms with Crippen LogP contribution in [0, 0.1) is 0 Å². The Kier molecular flexibility index (Phi) is 3.59. The molecular weight excluding hydrogens is 214 g/mol. The normalized spacial score (nSPS) is 25.7. The van der Waals surface area contributed by atoms with Gasteiger partial charge in [-0.2, -0.15) is 0 Å². The Bertz CT molecular complexity index is 332. The van der Waals surface area contributed by atoms with Gasteiger partial charge in [0.15, 0.2) is 6.29 Å². The molecule has 82 valence electrons. The zero-order valence-electron chi connectivity index (χ0n) is 8.36. The molecule has 3 nitrogen and oxygen atoms in total. The topological polar surface area (TPSA) is 44.5 Å². The maximum Gasteiger partial charge on any atom is 0.185 e. The van der Waals surface area contributed by atoms with Crippen LogP contribution >= 0.6 is 11.6 Å². The molecule has 0 aromatic heterocycles. The smallest absolute Gasteiger partial charge is 0.185 e. The van der Waals surface area contributed by atoms with Crippen molar-refractivity contribution in [2.75, 3.05) is 13.2 Å². The van der Waals surface area contributed by atoms with Crippen LogP contribution in [0.2, 0.25) is 5.02 Å². The van der Waals surface area contributed by atoms with Gasteiger partial charge in [-0.05, 0) is 19.0 Å². The van der Waals surface area contributed by atoms with E-state index >= 15 is 0 Å². The van der Waals surface area contributed by atoms with E-state index in [1.54, 1.807) is 0 Å². The van der Waals surface area contributed by atoms with E-state index in [4.69, 9.17) is 26.8 Å². The molecule has 0 spiro atoms. The van der Waals surface area contributed by atoms with Crippen molar-refractivity contribution in [3.63, 3.8) is 0 Å². The summed E-state index contributed by atoms with van der Waals surface area (Å²) < 4.78 is 11.2. The lowest BCUT2D eigenvalue weighted by Crippen LogP contribution is -2.15. The molecular formula is C11H14ClNO2. The van der Waals surface area contributed by atoms with Gasteiger partial charge in [0.25, 0.3) is 0 Å². The molecule has 2 N–H and O–H groups in total. The average molecular weight is 228 g/mol. The Morgan fingerprint density at radius 2 is 2.20 bits per heavy atom. The fraction of sp³-hybridized carbons (Fsp3) is 0.455. The lowest BCUT2D eigenvalue weighted by Gasteiger charge is -2.12. The Morgan fingerprint density at radius 3 is 2.93 bits per heavy atom. The first-order valence-corrected chi connectivity index (χ1v) is 5.40. The van der Waals surface area contributed by atoms with E-state index in [-0.39, 0.29) is 12.4 Å². The SMILES string of the molecule is NCCC1COC(c2ccccc2Cl)O1. The second-order valence-corrected chi connectivity index (χ2v) is 3.93. The summed E-state index contributed by atoms with van der Waals surface area (Å²) in [4.78, 5) is 0. The van der Waals surface area contributed by atoms with Gasteiger partial charge < -0.3 is 15.2 Å². The standard InChI is InChI=1S/C11H14ClNO2/c12-10-4-2-1-3-9(10)11-14-7-8(15-11)5-6-13/h1-4,8,11H,5-7,13H2. The van der Waals surface area contributed by atoms with E-state index in [9.17, 15) is 0 Å². The van der Waals surface area contributed by atoms with Crippen LogP contribution < -0.4 is 5.73 Å². The molecule has 1 aromatic carbocycles. The van der Waals surface area contributed by atoms with E-state index in [0.29, 0.717) is 18.2 Å². The van der Waals surface area contributed by atoms with Crippen molar-refractivity contribution < 1.29 is 9.47 Å². The highest BCUT2D eigenvalue weighted by Crippen LogP contribution is 2.32. The van der Waals surface area contributed by atoms with Crippen LogP contribution in [0.5, 0.6) is 0 Å². The summed E-state index contributed by atoms with van der Waals surface area (Å²) in [7, 11) is 0. The molecule has 0 bridgehead atoms. The third-order valence-electron chi connectivity index (χ3n) is 2.40. The second-order valence-electron chi connectivity index (χ2n) is 3.52. The van der Waals surface area contributed by atoms with Gasteiger partial charge in [-0.15, -0.1) is 0 Å². The van der Waals surface area contributed by atoms with Crippen molar-refractivity contribution in [2.45, 2.75) is 18.8 Å². The van der Waals surface area contributed by atoms with Gasteiger partial charge in [0, 0.05) is 10.6 Å². The molecule has 4 heteroatoms. The van der Waals surface area contributed by atoms with E-state index in [0.717, 1.165) is 12.0 Å². The van der Waals surface area contributed by atoms with Crippen molar-refractivity contribution in [1.29, 1.82) is 0 Å². The predicted molar refractivity (Wildman–Crippen MR) is 58.7 cm³/mol. The Labute approximate surface area is 94.1 Å². The maximum atomic E-state index is 6.04. The van der Waals surface area contributed by atoms with Gasteiger partial charge in [-0.3, -0.25) is 0 Å². The molecule has 1 aromatic rings. The molecule has 0 amide bonds. The first kappa shape index (κ1) is 10.9. The number of halogens is 1. The maximum absolute atomic E-state index is 6.04. The Morgan fingerprint density at radius 1 is 1.40 bits per heavy atom. The van der Waals surface area contributed by atoms with Crippen molar-refractivity contribution >= 4 is 11.6 Å². The molecule has 1 fully saturated rings. The number of hydrogen-bond donors (Lipinski definition) is 1. The number of benzene rings is 1. The minimum absolute atomic E-state index is 0.0938. The zero-order valence-corrected chi connectivity index (χ0v) is 9.11. The van der Waals surface area contributed by atoms with Crippen molar-refractivity contribution in [2.24, 2.45) is 5.73 Å². The molecule has 2 unspecified atom stereocenters. The summed E-state index contributed by atoms with van der Waals surface area (Å²) in [6, 6.07) is 7.56. The van der Waals surface area contributed by atoms with Crippen LogP contribution in [0.3, 0.4) is 0 Å². The molecule has 2 rings (SSSR count). The van der Waals surface area contributed by atoms with Crippen molar-refractivity contribution in [3.05, 3.63) is 34.9 Å². The lowest BCUT2D eigenvalue weighted by atomic mass is 10.2. The number of nitrogens with two attached hydrogens (primary N) is 1. The first-order valence-electron chi connectivity index (χ1n) is 5.03. The summed E-state index contributed by atoms with van der Waals surface area (Å²) in [6.07, 6.45) is 0.576. The molecule has 1 saturated heterocycles. The highest BCUT2D eigenvalue weighted by molar-refractivity contribution is 6.31. The lowest BCUT2D eigenvalue weighted by molar-refractivity contribution is -0.0606. The summed E-state index contributed by atoms with van der Waals surface area (Å²) in [5.41, 5.74) is 6.35. The van der Waals surface area contributed by atoms with Crippen LogP contribution in [0.1, 0.15) is 18.3 Å². The first-order chi connectivity index (χ1) is 7.31. The Hall–Kier alpha value is -0.610. The zero-order chi connectivity index (χ0) is 10.7. The number of hydrogen-bond acceptors (Lipinski definition) is 3. The Balaban J connectivity index is 2.04. The molecule has 1 aliphatic rings. The summed E-state index contributed by atoms with van der Waals surface area (Å²) in [5, 5.41) is 0.677. The number of ether oxygens (including phenoxy) is 2. The quantitative estimate of drug-likeness (QED) is 0.860. The predicted octanol–water partition coefficient (Wildman–Crippen LogP) is 2.10. The average Bonchev–Trinajstić information content (AvgIpc) is 2.68. The molecule has 1 aliphatic heterocycles. The third kappa shape index (κ3) is 2.49. The fourth-order valence-electron chi connectivity index (χ4n) is 1.61. The van der Waals surface area contributed by atoms with Gasteiger partial charge in [0.05, 0.1) is 12.7 Å². The second kappa shape index (κ2) is 4.94. The van der Waals surface area contributed by atoms with Gasteiger partial charge >= 0.3 is 0 Å². The van der Waals surface area contributed by atoms with Crippen molar-refractivity contribution in [1.82, 2.24) is 0 Å². The molecule has 2 atom stereocenters. The molecule has 0 radical (unpaired) electrons. The highest BCUT2D eigenvalue weighted by atomic mass is 35.5. The minimum atomic E-state index is -0.338. The monoisotopic (exact) mass is 227 g/mol. The minimum Gasteiger partial charge on any atom is -0.346 e. The van der Waals surface area contributed by atoms with E-state index < -0.39 is 0 Å². The molecule has 0 aliphatic carbocycles. The van der Waals surface area contributed by atoms with Gasteiger partial charge in [0.1, 0.15) is 0 Å². The molecule has 0 saturated carbocycles. The van der Waals surface area contributed by atoms with Crippen LogP contribution in [0.25, 0.3) is 0 Å². The van der Waals surface area contributed by atoms with Crippen LogP contribution in [-0.2, 0) is 9.47 Å². The van der Waals surface area contributed by atoms with E-state index in [1.807, 2.05) is 24.3 Å². The molecule has 15 heavy (non-hydrogen) atoms. The van der Waals surface area contributed by atoms with Gasteiger partial charge in [0.2, 0.25) is 0 Å².